The largest absolute Gasteiger partial charge is 0.507 e. The van der Waals surface area contributed by atoms with E-state index in [-0.39, 0.29) is 57.7 Å². The molecule has 220 valence electrons. The molecular weight excluding hydrogens is 560 g/mol. The van der Waals surface area contributed by atoms with Crippen LogP contribution in [0.3, 0.4) is 0 Å². The van der Waals surface area contributed by atoms with E-state index >= 15 is 0 Å². The number of hydrogen-bond donors (Lipinski definition) is 1. The van der Waals surface area contributed by atoms with Crippen LogP contribution in [0.1, 0.15) is 41.6 Å². The third kappa shape index (κ3) is 4.57. The van der Waals surface area contributed by atoms with Crippen molar-refractivity contribution in [3.63, 3.8) is 0 Å². The van der Waals surface area contributed by atoms with Crippen molar-refractivity contribution in [2.24, 2.45) is 5.92 Å². The first-order chi connectivity index (χ1) is 19.5. The highest BCUT2D eigenvalue weighted by atomic mass is 35.5. The van der Waals surface area contributed by atoms with Gasteiger partial charge in [-0.1, -0.05) is 18.5 Å². The minimum absolute atomic E-state index is 0.000328. The normalized spacial score (nSPS) is 20.3. The van der Waals surface area contributed by atoms with E-state index in [1.54, 1.807) is 13.0 Å². The number of esters is 1. The topological polar surface area (TPSA) is 136 Å². The van der Waals surface area contributed by atoms with Crippen molar-refractivity contribution in [1.82, 2.24) is 0 Å². The molecule has 0 bridgehead atoms. The van der Waals surface area contributed by atoms with Gasteiger partial charge in [-0.15, -0.1) is 0 Å². The van der Waals surface area contributed by atoms with Gasteiger partial charge >= 0.3 is 5.97 Å². The Balaban J connectivity index is 2.01. The van der Waals surface area contributed by atoms with Gasteiger partial charge in [0.15, 0.2) is 28.8 Å². The standard InChI is InChI=1S/C29H31ClO11/c1-13-8-16(31)23(15(10-22(32)40-7)14-9-18(36-3)19(37-4)11-17(14)35-2)27(33)29(13)28(34)24-20(38-5)12-21(39-6)25(30)26(24)41-29/h9,11-13,15,33H,8,10H2,1-7H3. The quantitative estimate of drug-likeness (QED) is 0.414. The molecule has 12 heteroatoms. The molecule has 1 aliphatic carbocycles. The molecule has 41 heavy (non-hydrogen) atoms. The van der Waals surface area contributed by atoms with Crippen LogP contribution in [0.4, 0.5) is 0 Å². The molecule has 0 saturated heterocycles. The predicted octanol–water partition coefficient (Wildman–Crippen LogP) is 4.46. The Kier molecular flexibility index (Phi) is 8.30. The summed E-state index contributed by atoms with van der Waals surface area (Å²) in [6, 6.07) is 4.52. The lowest BCUT2D eigenvalue weighted by Crippen LogP contribution is -2.53. The molecule has 0 aromatic heterocycles. The zero-order valence-corrected chi connectivity index (χ0v) is 24.5. The fraction of sp³-hybridized carbons (Fsp3) is 0.414. The van der Waals surface area contributed by atoms with Gasteiger partial charge in [-0.05, 0) is 6.07 Å². The summed E-state index contributed by atoms with van der Waals surface area (Å²) >= 11 is 6.53. The molecule has 0 fully saturated rings. The number of Topliss-reactive ketones (excluding diaryl/α,β-unsaturated/α-hetero) is 2. The number of ketones is 2. The number of rotatable bonds is 9. The fourth-order valence-corrected chi connectivity index (χ4v) is 5.75. The number of ether oxygens (including phenoxy) is 7. The molecule has 2 aliphatic rings. The number of halogens is 1. The summed E-state index contributed by atoms with van der Waals surface area (Å²) in [6.45, 7) is 1.61. The number of fused-ring (bicyclic) bond motifs is 1. The first-order valence-electron chi connectivity index (χ1n) is 12.6. The van der Waals surface area contributed by atoms with Crippen LogP contribution in [0.2, 0.25) is 5.02 Å². The highest BCUT2D eigenvalue weighted by Crippen LogP contribution is 2.56. The molecule has 3 unspecified atom stereocenters. The zero-order chi connectivity index (χ0) is 30.2. The lowest BCUT2D eigenvalue weighted by molar-refractivity contribution is -0.140. The number of hydrogen-bond acceptors (Lipinski definition) is 11. The van der Waals surface area contributed by atoms with Crippen LogP contribution in [0.15, 0.2) is 29.5 Å². The number of benzene rings is 2. The number of aliphatic hydroxyl groups excluding tert-OH is 1. The maximum absolute atomic E-state index is 14.2. The Morgan fingerprint density at radius 1 is 0.951 bits per heavy atom. The van der Waals surface area contributed by atoms with Crippen molar-refractivity contribution >= 4 is 29.1 Å². The maximum atomic E-state index is 14.2. The molecule has 2 aromatic rings. The smallest absolute Gasteiger partial charge is 0.306 e. The second-order valence-electron chi connectivity index (χ2n) is 9.54. The van der Waals surface area contributed by atoms with Crippen LogP contribution in [0, 0.1) is 5.92 Å². The number of aliphatic hydroxyl groups is 1. The molecule has 0 amide bonds. The Morgan fingerprint density at radius 2 is 1.51 bits per heavy atom. The minimum atomic E-state index is -2.03. The van der Waals surface area contributed by atoms with Crippen LogP contribution in [-0.2, 0) is 14.3 Å². The number of carbonyl (C=O) groups excluding carboxylic acids is 3. The monoisotopic (exact) mass is 590 g/mol. The Bertz CT molecular complexity index is 1450. The zero-order valence-electron chi connectivity index (χ0n) is 23.7. The second-order valence-corrected chi connectivity index (χ2v) is 9.92. The first kappa shape index (κ1) is 29.9. The molecule has 4 rings (SSSR count). The molecule has 11 nitrogen and oxygen atoms in total. The van der Waals surface area contributed by atoms with Crippen molar-refractivity contribution in [1.29, 1.82) is 0 Å². The minimum Gasteiger partial charge on any atom is -0.507 e. The van der Waals surface area contributed by atoms with Gasteiger partial charge in [-0.3, -0.25) is 14.4 Å². The highest BCUT2D eigenvalue weighted by molar-refractivity contribution is 6.35. The number of carbonyl (C=O) groups is 3. The number of methoxy groups -OCH3 is 6. The Labute approximate surface area is 241 Å². The van der Waals surface area contributed by atoms with Crippen molar-refractivity contribution in [3.8, 4) is 34.5 Å². The van der Waals surface area contributed by atoms with E-state index in [1.807, 2.05) is 0 Å². The van der Waals surface area contributed by atoms with Crippen LogP contribution >= 0.6 is 11.6 Å². The Morgan fingerprint density at radius 3 is 2.07 bits per heavy atom. The summed E-state index contributed by atoms with van der Waals surface area (Å²) in [5.74, 6) is -3.29. The van der Waals surface area contributed by atoms with Gasteiger partial charge in [0.05, 0.1) is 49.1 Å². The van der Waals surface area contributed by atoms with Gasteiger partial charge in [-0.25, -0.2) is 0 Å². The number of allylic oxidation sites excluding steroid dienone is 1. The van der Waals surface area contributed by atoms with Crippen LogP contribution in [0.5, 0.6) is 34.5 Å². The van der Waals surface area contributed by atoms with Crippen molar-refractivity contribution in [3.05, 3.63) is 45.7 Å². The highest BCUT2D eigenvalue weighted by Gasteiger charge is 2.61. The molecule has 2 aromatic carbocycles. The third-order valence-electron chi connectivity index (χ3n) is 7.57. The lowest BCUT2D eigenvalue weighted by atomic mass is 9.69. The summed E-state index contributed by atoms with van der Waals surface area (Å²) in [5.41, 5.74) is -1.93. The summed E-state index contributed by atoms with van der Waals surface area (Å²) in [4.78, 5) is 40.5. The molecule has 0 saturated carbocycles. The average molecular weight is 591 g/mol. The summed E-state index contributed by atoms with van der Waals surface area (Å²) in [5, 5.41) is 11.9. The third-order valence-corrected chi connectivity index (χ3v) is 7.93. The summed E-state index contributed by atoms with van der Waals surface area (Å²) in [7, 11) is 8.24. The summed E-state index contributed by atoms with van der Waals surface area (Å²) in [6.07, 6.45) is -0.569. The molecule has 3 atom stereocenters. The average Bonchev–Trinajstić information content (AvgIpc) is 3.29. The van der Waals surface area contributed by atoms with Gasteiger partial charge in [0.25, 0.3) is 0 Å². The van der Waals surface area contributed by atoms with Gasteiger partial charge in [0, 0.05) is 41.5 Å². The van der Waals surface area contributed by atoms with Crippen LogP contribution in [-0.4, -0.2) is 70.9 Å². The van der Waals surface area contributed by atoms with Crippen LogP contribution in [0.25, 0.3) is 0 Å². The molecule has 1 aliphatic heterocycles. The van der Waals surface area contributed by atoms with E-state index in [0.29, 0.717) is 11.3 Å². The van der Waals surface area contributed by atoms with E-state index in [2.05, 4.69) is 0 Å². The molecule has 1 spiro atoms. The second kappa shape index (κ2) is 11.4. The molecule has 0 radical (unpaired) electrons. The van der Waals surface area contributed by atoms with Crippen molar-refractivity contribution in [2.75, 3.05) is 42.7 Å². The predicted molar refractivity (Wildman–Crippen MR) is 146 cm³/mol. The fourth-order valence-electron chi connectivity index (χ4n) is 5.48. The molecule has 1 heterocycles. The molecular formula is C29H31ClO11. The van der Waals surface area contributed by atoms with E-state index < -0.39 is 40.7 Å². The summed E-state index contributed by atoms with van der Waals surface area (Å²) < 4.78 is 38.3. The van der Waals surface area contributed by atoms with E-state index in [9.17, 15) is 19.5 Å². The van der Waals surface area contributed by atoms with Gasteiger partial charge in [0.1, 0.15) is 27.8 Å². The van der Waals surface area contributed by atoms with Crippen molar-refractivity contribution in [2.45, 2.75) is 31.3 Å². The first-order valence-corrected chi connectivity index (χ1v) is 12.9. The lowest BCUT2D eigenvalue weighted by Gasteiger charge is -2.38. The molecule has 1 N–H and O–H groups in total. The SMILES string of the molecule is COC(=O)CC(C1=C(O)C2(Oc3c(Cl)c(OC)cc(OC)c3C2=O)C(C)CC1=O)c1cc(OC)c(OC)cc1OC. The Hall–Kier alpha value is -4.12. The van der Waals surface area contributed by atoms with Crippen LogP contribution < -0.4 is 28.4 Å². The van der Waals surface area contributed by atoms with Gasteiger partial charge < -0.3 is 38.3 Å². The maximum Gasteiger partial charge on any atom is 0.306 e. The van der Waals surface area contributed by atoms with Crippen molar-refractivity contribution < 1.29 is 52.6 Å². The van der Waals surface area contributed by atoms with E-state index in [4.69, 9.17) is 44.8 Å². The van der Waals surface area contributed by atoms with E-state index in [1.165, 1.54) is 54.8 Å². The van der Waals surface area contributed by atoms with Gasteiger partial charge in [-0.2, -0.15) is 0 Å². The van der Waals surface area contributed by atoms with E-state index in [0.717, 1.165) is 0 Å². The van der Waals surface area contributed by atoms with Gasteiger partial charge in [0.2, 0.25) is 11.4 Å².